The maximum Gasteiger partial charge on any atom is 0.227 e. The summed E-state index contributed by atoms with van der Waals surface area (Å²) < 4.78 is 8.72. The molecular formula is C60H35N5O. The molecule has 0 saturated heterocycles. The zero-order chi connectivity index (χ0) is 43.3. The van der Waals surface area contributed by atoms with Gasteiger partial charge in [0.1, 0.15) is 11.3 Å². The number of para-hydroxylation sites is 1. The van der Waals surface area contributed by atoms with Crippen molar-refractivity contribution < 1.29 is 4.42 Å². The van der Waals surface area contributed by atoms with Crippen molar-refractivity contribution in [2.75, 3.05) is 0 Å². The predicted molar refractivity (Wildman–Crippen MR) is 271 cm³/mol. The van der Waals surface area contributed by atoms with E-state index in [9.17, 15) is 0 Å². The second kappa shape index (κ2) is 14.3. The Hall–Kier alpha value is -9.00. The molecule has 14 aromatic rings. The lowest BCUT2D eigenvalue weighted by atomic mass is 9.98. The molecule has 0 aliphatic rings. The minimum Gasteiger partial charge on any atom is -0.438 e. The van der Waals surface area contributed by atoms with Gasteiger partial charge in [-0.25, -0.2) is 19.9 Å². The topological polar surface area (TPSA) is 69.6 Å². The van der Waals surface area contributed by atoms with Crippen LogP contribution in [-0.4, -0.2) is 24.5 Å². The van der Waals surface area contributed by atoms with Crippen LogP contribution in [0.15, 0.2) is 217 Å². The van der Waals surface area contributed by atoms with Crippen molar-refractivity contribution in [3.63, 3.8) is 0 Å². The molecule has 0 amide bonds. The predicted octanol–water partition coefficient (Wildman–Crippen LogP) is 15.5. The third-order valence-corrected chi connectivity index (χ3v) is 13.2. The lowest BCUT2D eigenvalue weighted by Gasteiger charge is -2.15. The van der Waals surface area contributed by atoms with Gasteiger partial charge >= 0.3 is 0 Å². The second-order valence-electron chi connectivity index (χ2n) is 17.0. The Bertz CT molecular complexity index is 4300. The summed E-state index contributed by atoms with van der Waals surface area (Å²) in [6, 6.07) is 75.1. The summed E-state index contributed by atoms with van der Waals surface area (Å²) in [5.41, 5.74) is 9.32. The number of furan rings is 1. The number of benzene rings is 10. The molecule has 4 heterocycles. The fraction of sp³-hybridized carbons (Fsp3) is 0. The number of pyridine rings is 1. The SMILES string of the molecule is c1ccc(-c2cccc3c2c2cc4ccccc4cc2n3-c2cc(-c3nc(-c4ccc5c(ccc6ccccc65)c4)nc(-c4ccc5c(n4)oc4ccccc45)n3)cc3ccccc23)cc1. The third-order valence-electron chi connectivity index (χ3n) is 13.2. The molecule has 0 fully saturated rings. The standard InChI is InChI=1S/C60H35N5O/c1-2-13-36(14-3-1)47-22-12-23-52-56(47)50-33-38-16-4-5-17-39(38)34-54(50)65(52)53-35-43(32-40-18-7-9-20-46(40)53)58-62-57(42-27-28-45-41(31-42)26-25-37-15-6-8-19-44(37)45)63-59(64-58)51-30-29-49-48-21-10-11-24-55(48)66-60(49)61-51/h1-35H. The maximum absolute atomic E-state index is 6.28. The minimum atomic E-state index is 0.460. The summed E-state index contributed by atoms with van der Waals surface area (Å²) in [6.45, 7) is 0. The molecule has 0 atom stereocenters. The first-order valence-electron chi connectivity index (χ1n) is 22.2. The molecule has 10 aromatic carbocycles. The number of aromatic nitrogens is 5. The van der Waals surface area contributed by atoms with E-state index in [0.717, 1.165) is 60.4 Å². The van der Waals surface area contributed by atoms with Crippen molar-refractivity contribution >= 4 is 87.0 Å². The first-order valence-corrected chi connectivity index (χ1v) is 22.2. The summed E-state index contributed by atoms with van der Waals surface area (Å²) in [6.07, 6.45) is 0. The van der Waals surface area contributed by atoms with Gasteiger partial charge in [-0.1, -0.05) is 158 Å². The highest BCUT2D eigenvalue weighted by molar-refractivity contribution is 6.19. The minimum absolute atomic E-state index is 0.460. The molecule has 6 nitrogen and oxygen atoms in total. The van der Waals surface area contributed by atoms with Crippen molar-refractivity contribution in [3.8, 4) is 51.1 Å². The van der Waals surface area contributed by atoms with Crippen molar-refractivity contribution in [2.24, 2.45) is 0 Å². The van der Waals surface area contributed by atoms with E-state index < -0.39 is 0 Å². The van der Waals surface area contributed by atoms with Crippen LogP contribution in [0.25, 0.3) is 138 Å². The number of nitrogens with zero attached hydrogens (tertiary/aromatic N) is 5. The molecule has 0 bridgehead atoms. The Balaban J connectivity index is 1.03. The van der Waals surface area contributed by atoms with Gasteiger partial charge in [0, 0.05) is 38.1 Å². The van der Waals surface area contributed by atoms with Crippen LogP contribution in [0, 0.1) is 0 Å². The zero-order valence-corrected chi connectivity index (χ0v) is 35.4. The molecule has 66 heavy (non-hydrogen) atoms. The number of hydrogen-bond donors (Lipinski definition) is 0. The average Bonchev–Trinajstić information content (AvgIpc) is 3.92. The number of rotatable bonds is 5. The molecule has 0 aliphatic carbocycles. The fourth-order valence-electron chi connectivity index (χ4n) is 10.1. The van der Waals surface area contributed by atoms with E-state index in [1.807, 2.05) is 24.3 Å². The number of fused-ring (bicyclic) bond motifs is 11. The molecular weight excluding hydrogens is 807 g/mol. The maximum atomic E-state index is 6.28. The first-order chi connectivity index (χ1) is 32.7. The van der Waals surface area contributed by atoms with Gasteiger partial charge in [-0.15, -0.1) is 0 Å². The highest BCUT2D eigenvalue weighted by Crippen LogP contribution is 2.43. The van der Waals surface area contributed by atoms with Crippen LogP contribution in [0.2, 0.25) is 0 Å². The highest BCUT2D eigenvalue weighted by atomic mass is 16.3. The van der Waals surface area contributed by atoms with Crippen LogP contribution in [0.5, 0.6) is 0 Å². The summed E-state index contributed by atoms with van der Waals surface area (Å²) in [7, 11) is 0. The summed E-state index contributed by atoms with van der Waals surface area (Å²) in [5, 5.41) is 13.6. The van der Waals surface area contributed by atoms with Crippen LogP contribution in [-0.2, 0) is 0 Å². The van der Waals surface area contributed by atoms with Crippen molar-refractivity contribution in [1.29, 1.82) is 0 Å². The van der Waals surface area contributed by atoms with Gasteiger partial charge in [-0.05, 0) is 103 Å². The van der Waals surface area contributed by atoms with Gasteiger partial charge in [0.15, 0.2) is 17.5 Å². The molecule has 6 heteroatoms. The Morgan fingerprint density at radius 1 is 0.333 bits per heavy atom. The van der Waals surface area contributed by atoms with Crippen LogP contribution < -0.4 is 0 Å². The van der Waals surface area contributed by atoms with E-state index in [0.29, 0.717) is 28.9 Å². The van der Waals surface area contributed by atoms with Crippen LogP contribution in [0.3, 0.4) is 0 Å². The molecule has 0 N–H and O–H groups in total. The molecule has 0 radical (unpaired) electrons. The van der Waals surface area contributed by atoms with Crippen LogP contribution in [0.4, 0.5) is 0 Å². The average molecular weight is 842 g/mol. The van der Waals surface area contributed by atoms with Gasteiger partial charge in [0.25, 0.3) is 0 Å². The largest absolute Gasteiger partial charge is 0.438 e. The molecule has 306 valence electrons. The zero-order valence-electron chi connectivity index (χ0n) is 35.4. The Labute approximate surface area is 377 Å². The van der Waals surface area contributed by atoms with Gasteiger partial charge in [-0.2, -0.15) is 0 Å². The van der Waals surface area contributed by atoms with E-state index >= 15 is 0 Å². The van der Waals surface area contributed by atoms with Crippen molar-refractivity contribution in [3.05, 3.63) is 212 Å². The Morgan fingerprint density at radius 3 is 1.83 bits per heavy atom. The van der Waals surface area contributed by atoms with Crippen molar-refractivity contribution in [2.45, 2.75) is 0 Å². The lowest BCUT2D eigenvalue weighted by molar-refractivity contribution is 0.654. The summed E-state index contributed by atoms with van der Waals surface area (Å²) >= 11 is 0. The van der Waals surface area contributed by atoms with Gasteiger partial charge in [0.05, 0.1) is 16.7 Å². The fourth-order valence-corrected chi connectivity index (χ4v) is 10.1. The monoisotopic (exact) mass is 841 g/mol. The van der Waals surface area contributed by atoms with E-state index in [4.69, 9.17) is 24.4 Å². The van der Waals surface area contributed by atoms with Gasteiger partial charge < -0.3 is 8.98 Å². The Kier molecular flexibility index (Phi) is 7.88. The van der Waals surface area contributed by atoms with Gasteiger partial charge in [-0.3, -0.25) is 0 Å². The lowest BCUT2D eigenvalue weighted by Crippen LogP contribution is -2.02. The quantitative estimate of drug-likeness (QED) is 0.161. The van der Waals surface area contributed by atoms with Crippen molar-refractivity contribution in [1.82, 2.24) is 24.5 Å². The molecule has 4 aromatic heterocycles. The first kappa shape index (κ1) is 36.5. The molecule has 14 rings (SSSR count). The smallest absolute Gasteiger partial charge is 0.227 e. The van der Waals surface area contributed by atoms with Crippen LogP contribution >= 0.6 is 0 Å². The van der Waals surface area contributed by atoms with Crippen LogP contribution in [0.1, 0.15) is 0 Å². The van der Waals surface area contributed by atoms with Gasteiger partial charge in [0.2, 0.25) is 5.71 Å². The molecule has 0 spiro atoms. The third kappa shape index (κ3) is 5.68. The highest BCUT2D eigenvalue weighted by Gasteiger charge is 2.22. The Morgan fingerprint density at radius 2 is 0.970 bits per heavy atom. The molecule has 0 unspecified atom stereocenters. The van der Waals surface area contributed by atoms with E-state index in [-0.39, 0.29) is 0 Å². The normalized spacial score (nSPS) is 11.9. The van der Waals surface area contributed by atoms with E-state index in [2.05, 4.69) is 193 Å². The van der Waals surface area contributed by atoms with E-state index in [1.54, 1.807) is 0 Å². The second-order valence-corrected chi connectivity index (χ2v) is 17.0. The number of hydrogen-bond acceptors (Lipinski definition) is 5. The van der Waals surface area contributed by atoms with E-state index in [1.165, 1.54) is 48.8 Å². The molecule has 0 aliphatic heterocycles. The summed E-state index contributed by atoms with van der Waals surface area (Å²) in [5.74, 6) is 1.56. The summed E-state index contributed by atoms with van der Waals surface area (Å²) in [4.78, 5) is 20.8. The molecule has 0 saturated carbocycles.